The number of nitrogen functional groups attached to an aromatic ring is 1. The molecule has 5 heteroatoms. The number of anilines is 1. The van der Waals surface area contributed by atoms with Crippen molar-refractivity contribution in [2.75, 3.05) is 25.5 Å². The Morgan fingerprint density at radius 3 is 2.60 bits per heavy atom. The van der Waals surface area contributed by atoms with Crippen LogP contribution in [0.5, 0.6) is 5.75 Å². The first-order chi connectivity index (χ1) is 9.70. The molecule has 1 amide bonds. The third-order valence-corrected chi connectivity index (χ3v) is 3.64. The molecule has 1 aromatic carbocycles. The molecule has 3 N–H and O–H groups in total. The number of nitrogens with two attached hydrogens (primary N) is 1. The summed E-state index contributed by atoms with van der Waals surface area (Å²) in [5.41, 5.74) is 6.28. The number of aliphatic hydroxyl groups is 1. The molecular formula is C15H22N2O3. The number of rotatable bonds is 7. The van der Waals surface area contributed by atoms with Crippen LogP contribution in [0.1, 0.15) is 25.7 Å². The fourth-order valence-corrected chi connectivity index (χ4v) is 2.28. The van der Waals surface area contributed by atoms with E-state index in [1.165, 1.54) is 6.42 Å². The molecule has 0 atom stereocenters. The van der Waals surface area contributed by atoms with Crippen LogP contribution in [-0.2, 0) is 4.79 Å². The van der Waals surface area contributed by atoms with Crippen LogP contribution >= 0.6 is 0 Å². The predicted molar refractivity (Wildman–Crippen MR) is 77.4 cm³/mol. The Kier molecular flexibility index (Phi) is 5.24. The van der Waals surface area contributed by atoms with Gasteiger partial charge in [-0.3, -0.25) is 4.79 Å². The van der Waals surface area contributed by atoms with Crippen molar-refractivity contribution in [2.24, 2.45) is 0 Å². The summed E-state index contributed by atoms with van der Waals surface area (Å²) in [7, 11) is 0. The predicted octanol–water partition coefficient (Wildman–Crippen LogP) is 1.41. The van der Waals surface area contributed by atoms with Crippen molar-refractivity contribution in [3.05, 3.63) is 24.3 Å². The van der Waals surface area contributed by atoms with Crippen LogP contribution in [0.2, 0.25) is 0 Å². The maximum atomic E-state index is 12.1. The highest BCUT2D eigenvalue weighted by atomic mass is 16.5. The number of amides is 1. The quantitative estimate of drug-likeness (QED) is 0.739. The lowest BCUT2D eigenvalue weighted by Crippen LogP contribution is -2.46. The molecule has 0 aliphatic heterocycles. The van der Waals surface area contributed by atoms with Gasteiger partial charge in [-0.1, -0.05) is 0 Å². The van der Waals surface area contributed by atoms with Gasteiger partial charge in [0.05, 0.1) is 19.6 Å². The molecule has 1 aliphatic carbocycles. The van der Waals surface area contributed by atoms with Gasteiger partial charge >= 0.3 is 0 Å². The van der Waals surface area contributed by atoms with Crippen molar-refractivity contribution >= 4 is 11.6 Å². The fourth-order valence-electron chi connectivity index (χ4n) is 2.28. The van der Waals surface area contributed by atoms with Crippen molar-refractivity contribution in [1.29, 1.82) is 0 Å². The van der Waals surface area contributed by atoms with Crippen LogP contribution in [0.4, 0.5) is 5.69 Å². The van der Waals surface area contributed by atoms with Crippen molar-refractivity contribution < 1.29 is 14.6 Å². The normalized spacial score (nSPS) is 14.7. The molecule has 110 valence electrons. The Labute approximate surface area is 119 Å². The standard InChI is InChI=1S/C15H22N2O3/c16-12-4-6-14(7-5-12)20-11-8-15(19)17(9-10-18)13-2-1-3-13/h4-7,13,18H,1-3,8-11,16H2. The Morgan fingerprint density at radius 1 is 1.35 bits per heavy atom. The number of ether oxygens (including phenoxy) is 1. The van der Waals surface area contributed by atoms with E-state index in [-0.39, 0.29) is 12.5 Å². The minimum Gasteiger partial charge on any atom is -0.493 e. The second-order valence-corrected chi connectivity index (χ2v) is 5.06. The van der Waals surface area contributed by atoms with Crippen molar-refractivity contribution in [3.8, 4) is 5.75 Å². The maximum Gasteiger partial charge on any atom is 0.226 e. The van der Waals surface area contributed by atoms with Crippen LogP contribution in [0.15, 0.2) is 24.3 Å². The largest absolute Gasteiger partial charge is 0.493 e. The first kappa shape index (κ1) is 14.7. The molecule has 1 aromatic rings. The summed E-state index contributed by atoms with van der Waals surface area (Å²) >= 11 is 0. The highest BCUT2D eigenvalue weighted by Gasteiger charge is 2.27. The van der Waals surface area contributed by atoms with E-state index in [2.05, 4.69) is 0 Å². The lowest BCUT2D eigenvalue weighted by molar-refractivity contribution is -0.136. The van der Waals surface area contributed by atoms with Crippen LogP contribution in [0, 0.1) is 0 Å². The van der Waals surface area contributed by atoms with E-state index in [9.17, 15) is 4.79 Å². The molecule has 0 unspecified atom stereocenters. The lowest BCUT2D eigenvalue weighted by atomic mass is 9.91. The molecule has 1 fully saturated rings. The van der Waals surface area contributed by atoms with Gasteiger partial charge in [0, 0.05) is 18.3 Å². The molecule has 5 nitrogen and oxygen atoms in total. The Bertz CT molecular complexity index is 429. The number of benzene rings is 1. The van der Waals surface area contributed by atoms with Crippen LogP contribution in [-0.4, -0.2) is 41.7 Å². The van der Waals surface area contributed by atoms with E-state index in [1.54, 1.807) is 29.2 Å². The van der Waals surface area contributed by atoms with Gasteiger partial charge in [0.15, 0.2) is 0 Å². The van der Waals surface area contributed by atoms with Crippen LogP contribution in [0.25, 0.3) is 0 Å². The Balaban J connectivity index is 1.76. The lowest BCUT2D eigenvalue weighted by Gasteiger charge is -2.37. The molecule has 20 heavy (non-hydrogen) atoms. The number of carbonyl (C=O) groups excluding carboxylic acids is 1. The maximum absolute atomic E-state index is 12.1. The summed E-state index contributed by atoms with van der Waals surface area (Å²) in [5, 5.41) is 9.05. The smallest absolute Gasteiger partial charge is 0.226 e. The van der Waals surface area contributed by atoms with Crippen LogP contribution < -0.4 is 10.5 Å². The monoisotopic (exact) mass is 278 g/mol. The zero-order chi connectivity index (χ0) is 14.4. The molecular weight excluding hydrogens is 256 g/mol. The molecule has 0 bridgehead atoms. The average Bonchev–Trinajstić information content (AvgIpc) is 2.38. The first-order valence-corrected chi connectivity index (χ1v) is 7.09. The zero-order valence-electron chi connectivity index (χ0n) is 11.6. The number of hydrogen-bond donors (Lipinski definition) is 2. The van der Waals surface area contributed by atoms with E-state index in [1.807, 2.05) is 0 Å². The van der Waals surface area contributed by atoms with Gasteiger partial charge < -0.3 is 20.5 Å². The Morgan fingerprint density at radius 2 is 2.05 bits per heavy atom. The molecule has 0 aromatic heterocycles. The summed E-state index contributed by atoms with van der Waals surface area (Å²) in [6.07, 6.45) is 3.60. The molecule has 0 saturated heterocycles. The molecule has 1 saturated carbocycles. The van der Waals surface area contributed by atoms with E-state index >= 15 is 0 Å². The molecule has 0 spiro atoms. The second kappa shape index (κ2) is 7.14. The topological polar surface area (TPSA) is 75.8 Å². The van der Waals surface area contributed by atoms with Gasteiger partial charge in [-0.15, -0.1) is 0 Å². The van der Waals surface area contributed by atoms with Gasteiger partial charge in [-0.2, -0.15) is 0 Å². The van der Waals surface area contributed by atoms with Gasteiger partial charge in [-0.05, 0) is 43.5 Å². The molecule has 0 heterocycles. The first-order valence-electron chi connectivity index (χ1n) is 7.09. The van der Waals surface area contributed by atoms with Crippen molar-refractivity contribution in [3.63, 3.8) is 0 Å². The summed E-state index contributed by atoms with van der Waals surface area (Å²) in [6, 6.07) is 7.42. The third-order valence-electron chi connectivity index (χ3n) is 3.64. The molecule has 2 rings (SSSR count). The van der Waals surface area contributed by atoms with Gasteiger partial charge in [-0.25, -0.2) is 0 Å². The minimum absolute atomic E-state index is 0.0149. The summed E-state index contributed by atoms with van der Waals surface area (Å²) < 4.78 is 5.53. The van der Waals surface area contributed by atoms with E-state index in [4.69, 9.17) is 15.6 Å². The highest BCUT2D eigenvalue weighted by molar-refractivity contribution is 5.76. The number of nitrogens with zero attached hydrogens (tertiary/aromatic N) is 1. The minimum atomic E-state index is 0.0149. The number of carbonyl (C=O) groups is 1. The van der Waals surface area contributed by atoms with E-state index in [0.29, 0.717) is 37.1 Å². The van der Waals surface area contributed by atoms with Crippen molar-refractivity contribution in [2.45, 2.75) is 31.7 Å². The summed E-state index contributed by atoms with van der Waals surface area (Å²) in [5.74, 6) is 0.767. The second-order valence-electron chi connectivity index (χ2n) is 5.06. The summed E-state index contributed by atoms with van der Waals surface area (Å²) in [4.78, 5) is 13.9. The average molecular weight is 278 g/mol. The van der Waals surface area contributed by atoms with Gasteiger partial charge in [0.25, 0.3) is 0 Å². The Hall–Kier alpha value is -1.75. The summed E-state index contributed by atoms with van der Waals surface area (Å²) in [6.45, 7) is 0.782. The van der Waals surface area contributed by atoms with Gasteiger partial charge in [0.1, 0.15) is 5.75 Å². The number of hydrogen-bond acceptors (Lipinski definition) is 4. The van der Waals surface area contributed by atoms with Gasteiger partial charge in [0.2, 0.25) is 5.91 Å². The fraction of sp³-hybridized carbons (Fsp3) is 0.533. The highest BCUT2D eigenvalue weighted by Crippen LogP contribution is 2.25. The van der Waals surface area contributed by atoms with E-state index in [0.717, 1.165) is 12.8 Å². The third kappa shape index (κ3) is 3.87. The molecule has 0 radical (unpaired) electrons. The zero-order valence-corrected chi connectivity index (χ0v) is 11.6. The molecule has 1 aliphatic rings. The van der Waals surface area contributed by atoms with Crippen LogP contribution in [0.3, 0.4) is 0 Å². The number of aliphatic hydroxyl groups excluding tert-OH is 1. The van der Waals surface area contributed by atoms with Crippen molar-refractivity contribution in [1.82, 2.24) is 4.90 Å². The SMILES string of the molecule is Nc1ccc(OCCC(=O)N(CCO)C2CCC2)cc1. The van der Waals surface area contributed by atoms with E-state index < -0.39 is 0 Å².